The molecule has 144 valence electrons. The standard InChI is InChI=1S/C28H17N3/c1-3-8-20-18(6-1)12-14-23-26(20)27-21-9-4-2-7-19(21)13-15-24(27)31(23)25-11-5-10-22-28(25)30-17-16-29-22/h1-17H. The minimum atomic E-state index is 0.900. The zero-order valence-electron chi connectivity index (χ0n) is 16.7. The highest BCUT2D eigenvalue weighted by Gasteiger charge is 2.18. The van der Waals surface area contributed by atoms with Gasteiger partial charge in [0.25, 0.3) is 0 Å². The highest BCUT2D eigenvalue weighted by Crippen LogP contribution is 2.41. The van der Waals surface area contributed by atoms with E-state index >= 15 is 0 Å². The van der Waals surface area contributed by atoms with Gasteiger partial charge in [-0.05, 0) is 45.8 Å². The Labute approximate surface area is 178 Å². The normalized spacial score (nSPS) is 11.9. The first-order chi connectivity index (χ1) is 15.4. The van der Waals surface area contributed by atoms with E-state index in [0.717, 1.165) is 16.7 Å². The predicted molar refractivity (Wildman–Crippen MR) is 129 cm³/mol. The lowest BCUT2D eigenvalue weighted by Crippen LogP contribution is -1.97. The molecular weight excluding hydrogens is 378 g/mol. The quantitative estimate of drug-likeness (QED) is 0.299. The zero-order chi connectivity index (χ0) is 20.4. The van der Waals surface area contributed by atoms with E-state index in [1.54, 1.807) is 12.4 Å². The Hall–Kier alpha value is -4.24. The van der Waals surface area contributed by atoms with Crippen LogP contribution in [-0.4, -0.2) is 14.5 Å². The highest BCUT2D eigenvalue weighted by molar-refractivity contribution is 6.28. The number of aromatic nitrogens is 3. The van der Waals surface area contributed by atoms with E-state index in [0.29, 0.717) is 0 Å². The summed E-state index contributed by atoms with van der Waals surface area (Å²) >= 11 is 0. The summed E-state index contributed by atoms with van der Waals surface area (Å²) in [6.45, 7) is 0. The van der Waals surface area contributed by atoms with E-state index in [2.05, 4.69) is 94.5 Å². The molecule has 7 rings (SSSR count). The van der Waals surface area contributed by atoms with Crippen molar-refractivity contribution in [3.05, 3.63) is 103 Å². The third kappa shape index (κ3) is 2.23. The molecule has 0 atom stereocenters. The van der Waals surface area contributed by atoms with Crippen LogP contribution in [0.5, 0.6) is 0 Å². The summed E-state index contributed by atoms with van der Waals surface area (Å²) in [4.78, 5) is 9.23. The second-order valence-electron chi connectivity index (χ2n) is 7.90. The lowest BCUT2D eigenvalue weighted by atomic mass is 10.00. The molecule has 0 aliphatic rings. The molecular formula is C28H17N3. The Balaban J connectivity index is 1.80. The maximum Gasteiger partial charge on any atom is 0.113 e. The molecule has 3 heteroatoms. The maximum absolute atomic E-state index is 4.69. The summed E-state index contributed by atoms with van der Waals surface area (Å²) in [5.74, 6) is 0. The van der Waals surface area contributed by atoms with Crippen molar-refractivity contribution in [1.82, 2.24) is 14.5 Å². The van der Waals surface area contributed by atoms with Crippen LogP contribution >= 0.6 is 0 Å². The second-order valence-corrected chi connectivity index (χ2v) is 7.90. The van der Waals surface area contributed by atoms with Gasteiger partial charge in [-0.25, -0.2) is 0 Å². The molecule has 3 nitrogen and oxygen atoms in total. The molecule has 5 aromatic carbocycles. The van der Waals surface area contributed by atoms with Gasteiger partial charge in [0, 0.05) is 23.2 Å². The van der Waals surface area contributed by atoms with Gasteiger partial charge in [0.15, 0.2) is 0 Å². The monoisotopic (exact) mass is 395 g/mol. The molecule has 0 spiro atoms. The Bertz CT molecular complexity index is 1700. The Kier molecular flexibility index (Phi) is 3.27. The molecule has 0 fully saturated rings. The van der Waals surface area contributed by atoms with Gasteiger partial charge in [-0.3, -0.25) is 9.97 Å². The van der Waals surface area contributed by atoms with E-state index in [-0.39, 0.29) is 0 Å². The SMILES string of the molecule is c1ccc2c(c1)ccc1c2c2c3ccccc3ccc2n1-c1cccc2nccnc12. The summed E-state index contributed by atoms with van der Waals surface area (Å²) < 4.78 is 2.35. The van der Waals surface area contributed by atoms with Gasteiger partial charge >= 0.3 is 0 Å². The van der Waals surface area contributed by atoms with Gasteiger partial charge in [-0.15, -0.1) is 0 Å². The van der Waals surface area contributed by atoms with Gasteiger partial charge in [0.05, 0.1) is 22.2 Å². The van der Waals surface area contributed by atoms with E-state index < -0.39 is 0 Å². The number of hydrogen-bond acceptors (Lipinski definition) is 2. The molecule has 0 saturated heterocycles. The largest absolute Gasteiger partial charge is 0.307 e. The van der Waals surface area contributed by atoms with Crippen LogP contribution in [0.3, 0.4) is 0 Å². The van der Waals surface area contributed by atoms with Crippen molar-refractivity contribution in [2.24, 2.45) is 0 Å². The first-order valence-corrected chi connectivity index (χ1v) is 10.4. The van der Waals surface area contributed by atoms with Crippen LogP contribution in [0.15, 0.2) is 103 Å². The smallest absolute Gasteiger partial charge is 0.113 e. The van der Waals surface area contributed by atoms with Crippen LogP contribution < -0.4 is 0 Å². The van der Waals surface area contributed by atoms with E-state index in [1.807, 2.05) is 6.07 Å². The van der Waals surface area contributed by atoms with Crippen LogP contribution in [0.25, 0.3) is 60.1 Å². The molecule has 0 aliphatic carbocycles. The van der Waals surface area contributed by atoms with E-state index in [1.165, 1.54) is 43.4 Å². The fourth-order valence-electron chi connectivity index (χ4n) is 4.97. The number of fused-ring (bicyclic) bond motifs is 8. The fourth-order valence-corrected chi connectivity index (χ4v) is 4.97. The molecule has 7 aromatic rings. The summed E-state index contributed by atoms with van der Waals surface area (Å²) in [5, 5.41) is 7.61. The molecule has 2 aromatic heterocycles. The van der Waals surface area contributed by atoms with Gasteiger partial charge in [-0.1, -0.05) is 66.7 Å². The third-order valence-corrected chi connectivity index (χ3v) is 6.26. The molecule has 0 N–H and O–H groups in total. The minimum absolute atomic E-state index is 0.900. The van der Waals surface area contributed by atoms with E-state index in [4.69, 9.17) is 4.98 Å². The number of para-hydroxylation sites is 1. The van der Waals surface area contributed by atoms with Crippen LogP contribution in [0.2, 0.25) is 0 Å². The molecule has 0 amide bonds. The Morgan fingerprint density at radius 3 is 1.81 bits per heavy atom. The number of benzene rings is 5. The molecule has 31 heavy (non-hydrogen) atoms. The van der Waals surface area contributed by atoms with Gasteiger partial charge in [0.1, 0.15) is 5.52 Å². The number of nitrogens with zero attached hydrogens (tertiary/aromatic N) is 3. The average molecular weight is 395 g/mol. The highest BCUT2D eigenvalue weighted by atomic mass is 15.0. The summed E-state index contributed by atoms with van der Waals surface area (Å²) in [6.07, 6.45) is 3.52. The van der Waals surface area contributed by atoms with E-state index in [9.17, 15) is 0 Å². The van der Waals surface area contributed by atoms with Crippen molar-refractivity contribution in [3.8, 4) is 5.69 Å². The maximum atomic E-state index is 4.69. The van der Waals surface area contributed by atoms with Crippen LogP contribution in [0.1, 0.15) is 0 Å². The fraction of sp³-hybridized carbons (Fsp3) is 0. The molecule has 0 aliphatic heterocycles. The molecule has 2 heterocycles. The van der Waals surface area contributed by atoms with Crippen molar-refractivity contribution in [2.75, 3.05) is 0 Å². The van der Waals surface area contributed by atoms with Crippen molar-refractivity contribution in [1.29, 1.82) is 0 Å². The van der Waals surface area contributed by atoms with Crippen molar-refractivity contribution >= 4 is 54.4 Å². The van der Waals surface area contributed by atoms with Gasteiger partial charge < -0.3 is 4.57 Å². The zero-order valence-corrected chi connectivity index (χ0v) is 16.7. The number of rotatable bonds is 1. The number of hydrogen-bond donors (Lipinski definition) is 0. The van der Waals surface area contributed by atoms with Crippen LogP contribution in [0, 0.1) is 0 Å². The first-order valence-electron chi connectivity index (χ1n) is 10.4. The summed E-state index contributed by atoms with van der Waals surface area (Å²) in [7, 11) is 0. The molecule has 0 unspecified atom stereocenters. The van der Waals surface area contributed by atoms with Crippen LogP contribution in [0.4, 0.5) is 0 Å². The topological polar surface area (TPSA) is 30.7 Å². The Morgan fingerprint density at radius 1 is 0.516 bits per heavy atom. The van der Waals surface area contributed by atoms with Crippen molar-refractivity contribution in [3.63, 3.8) is 0 Å². The lowest BCUT2D eigenvalue weighted by molar-refractivity contribution is 1.17. The lowest BCUT2D eigenvalue weighted by Gasteiger charge is -2.10. The second kappa shape index (κ2) is 6.13. The predicted octanol–water partition coefficient (Wildman–Crippen LogP) is 7.03. The van der Waals surface area contributed by atoms with Crippen LogP contribution in [-0.2, 0) is 0 Å². The third-order valence-electron chi connectivity index (χ3n) is 6.26. The van der Waals surface area contributed by atoms with Crippen molar-refractivity contribution in [2.45, 2.75) is 0 Å². The molecule has 0 bridgehead atoms. The van der Waals surface area contributed by atoms with Gasteiger partial charge in [-0.2, -0.15) is 0 Å². The minimum Gasteiger partial charge on any atom is -0.307 e. The van der Waals surface area contributed by atoms with Crippen molar-refractivity contribution < 1.29 is 0 Å². The summed E-state index contributed by atoms with van der Waals surface area (Å²) in [6, 6.07) is 32.4. The first kappa shape index (κ1) is 16.5. The average Bonchev–Trinajstić information content (AvgIpc) is 3.19. The summed E-state index contributed by atoms with van der Waals surface area (Å²) in [5.41, 5.74) is 5.23. The van der Waals surface area contributed by atoms with Gasteiger partial charge in [0.2, 0.25) is 0 Å². The molecule has 0 saturated carbocycles. The Morgan fingerprint density at radius 2 is 1.13 bits per heavy atom. The molecule has 0 radical (unpaired) electrons.